The van der Waals surface area contributed by atoms with Gasteiger partial charge in [-0.2, -0.15) is 0 Å². The van der Waals surface area contributed by atoms with Gasteiger partial charge in [0.25, 0.3) is 0 Å². The lowest BCUT2D eigenvalue weighted by molar-refractivity contribution is 0.0935. The predicted molar refractivity (Wildman–Crippen MR) is 59.6 cm³/mol. The minimum Gasteiger partial charge on any atom is -0.486 e. The van der Waals surface area contributed by atoms with Crippen LogP contribution in [0.2, 0.25) is 0 Å². The highest BCUT2D eigenvalue weighted by Crippen LogP contribution is 2.21. The highest BCUT2D eigenvalue weighted by Gasteiger charge is 2.21. The van der Waals surface area contributed by atoms with Crippen LogP contribution in [0.1, 0.15) is 25.8 Å². The Bertz CT molecular complexity index is 292. The second kappa shape index (κ2) is 4.47. The van der Waals surface area contributed by atoms with Crippen LogP contribution in [0.3, 0.4) is 0 Å². The van der Waals surface area contributed by atoms with Crippen LogP contribution in [0, 0.1) is 6.92 Å². The number of nitrogens with two attached hydrogens (primary N) is 1. The molecule has 0 bridgehead atoms. The van der Waals surface area contributed by atoms with Crippen LogP contribution in [0.4, 0.5) is 0 Å². The summed E-state index contributed by atoms with van der Waals surface area (Å²) >= 11 is 0. The molecule has 1 atom stereocenters. The normalized spacial score (nSPS) is 14.9. The van der Waals surface area contributed by atoms with Gasteiger partial charge < -0.3 is 10.5 Å². The van der Waals surface area contributed by atoms with E-state index in [0.717, 1.165) is 12.2 Å². The number of ether oxygens (including phenoxy) is 1. The molecular weight excluding hydrogens is 174 g/mol. The molecule has 0 saturated heterocycles. The fourth-order valence-corrected chi connectivity index (χ4v) is 1.22. The van der Waals surface area contributed by atoms with Crippen molar-refractivity contribution in [3.05, 3.63) is 29.8 Å². The lowest BCUT2D eigenvalue weighted by atomic mass is 10.0. The third kappa shape index (κ3) is 2.74. The van der Waals surface area contributed by atoms with Gasteiger partial charge >= 0.3 is 0 Å². The molecule has 0 amide bonds. The minimum absolute atomic E-state index is 0.242. The van der Waals surface area contributed by atoms with Gasteiger partial charge in [0.05, 0.1) is 0 Å². The van der Waals surface area contributed by atoms with Crippen molar-refractivity contribution in [2.24, 2.45) is 5.73 Å². The van der Waals surface area contributed by atoms with E-state index in [9.17, 15) is 0 Å². The number of rotatable bonds is 4. The molecule has 1 unspecified atom stereocenters. The second-order valence-electron chi connectivity index (χ2n) is 3.93. The van der Waals surface area contributed by atoms with Crippen LogP contribution in [0.25, 0.3) is 0 Å². The van der Waals surface area contributed by atoms with Crippen molar-refractivity contribution in [1.29, 1.82) is 0 Å². The molecule has 0 aromatic heterocycles. The van der Waals surface area contributed by atoms with Gasteiger partial charge in [0.1, 0.15) is 11.4 Å². The maximum atomic E-state index is 5.86. The van der Waals surface area contributed by atoms with Crippen molar-refractivity contribution in [3.63, 3.8) is 0 Å². The Labute approximate surface area is 86.1 Å². The smallest absolute Gasteiger partial charge is 0.120 e. The number of hydrogen-bond donors (Lipinski definition) is 1. The second-order valence-corrected chi connectivity index (χ2v) is 3.93. The van der Waals surface area contributed by atoms with E-state index in [2.05, 4.69) is 19.9 Å². The van der Waals surface area contributed by atoms with Gasteiger partial charge in [0.2, 0.25) is 0 Å². The summed E-state index contributed by atoms with van der Waals surface area (Å²) in [5.74, 6) is 0.903. The van der Waals surface area contributed by atoms with E-state index >= 15 is 0 Å². The molecule has 0 spiro atoms. The molecule has 0 aliphatic carbocycles. The lowest BCUT2D eigenvalue weighted by Gasteiger charge is -2.28. The highest BCUT2D eigenvalue weighted by molar-refractivity contribution is 5.28. The van der Waals surface area contributed by atoms with E-state index in [0.29, 0.717) is 6.54 Å². The monoisotopic (exact) mass is 193 g/mol. The van der Waals surface area contributed by atoms with Crippen molar-refractivity contribution >= 4 is 0 Å². The molecule has 1 rings (SSSR count). The van der Waals surface area contributed by atoms with Gasteiger partial charge in [-0.1, -0.05) is 19.1 Å². The third-order valence-corrected chi connectivity index (χ3v) is 2.53. The molecule has 1 aromatic carbocycles. The Hall–Kier alpha value is -1.02. The average molecular weight is 193 g/mol. The first-order valence-corrected chi connectivity index (χ1v) is 5.05. The van der Waals surface area contributed by atoms with Crippen LogP contribution in [0.5, 0.6) is 5.75 Å². The number of benzene rings is 1. The molecule has 1 aromatic rings. The zero-order chi connectivity index (χ0) is 10.6. The van der Waals surface area contributed by atoms with Crippen molar-refractivity contribution < 1.29 is 4.74 Å². The quantitative estimate of drug-likeness (QED) is 0.797. The molecule has 0 heterocycles. The molecule has 2 N–H and O–H groups in total. The van der Waals surface area contributed by atoms with Crippen LogP contribution < -0.4 is 10.5 Å². The van der Waals surface area contributed by atoms with Crippen LogP contribution in [-0.2, 0) is 0 Å². The summed E-state index contributed by atoms with van der Waals surface area (Å²) in [6.45, 7) is 6.72. The highest BCUT2D eigenvalue weighted by atomic mass is 16.5. The van der Waals surface area contributed by atoms with E-state index in [1.165, 1.54) is 5.56 Å². The molecule has 0 radical (unpaired) electrons. The number of hydrogen-bond acceptors (Lipinski definition) is 2. The molecule has 78 valence electrons. The van der Waals surface area contributed by atoms with E-state index in [1.54, 1.807) is 0 Å². The first kappa shape index (κ1) is 11.1. The summed E-state index contributed by atoms with van der Waals surface area (Å²) in [6.07, 6.45) is 0.914. The number of aryl methyl sites for hydroxylation is 1. The maximum Gasteiger partial charge on any atom is 0.120 e. The molecule has 0 fully saturated rings. The Morgan fingerprint density at radius 2 is 2.14 bits per heavy atom. The van der Waals surface area contributed by atoms with Crippen molar-refractivity contribution in [2.75, 3.05) is 6.54 Å². The van der Waals surface area contributed by atoms with E-state index < -0.39 is 0 Å². The molecule has 0 saturated carbocycles. The standard InChI is InChI=1S/C12H19NO/c1-4-12(3,9-13)14-11-7-5-6-10(2)8-11/h5-8H,4,9,13H2,1-3H3. The van der Waals surface area contributed by atoms with Gasteiger partial charge in [0, 0.05) is 6.54 Å². The van der Waals surface area contributed by atoms with Gasteiger partial charge in [-0.25, -0.2) is 0 Å². The Kier molecular flexibility index (Phi) is 3.53. The Morgan fingerprint density at radius 1 is 1.43 bits per heavy atom. The molecule has 0 aliphatic rings. The molecule has 2 nitrogen and oxygen atoms in total. The van der Waals surface area contributed by atoms with Gasteiger partial charge in [-0.15, -0.1) is 0 Å². The Balaban J connectivity index is 2.77. The fourth-order valence-electron chi connectivity index (χ4n) is 1.22. The average Bonchev–Trinajstić information content (AvgIpc) is 2.18. The third-order valence-electron chi connectivity index (χ3n) is 2.53. The van der Waals surface area contributed by atoms with Crippen LogP contribution >= 0.6 is 0 Å². The molecular formula is C12H19NO. The zero-order valence-corrected chi connectivity index (χ0v) is 9.21. The summed E-state index contributed by atoms with van der Waals surface area (Å²) in [5, 5.41) is 0. The first-order chi connectivity index (χ1) is 6.59. The summed E-state index contributed by atoms with van der Waals surface area (Å²) in [4.78, 5) is 0. The van der Waals surface area contributed by atoms with Crippen LogP contribution in [-0.4, -0.2) is 12.1 Å². The minimum atomic E-state index is -0.242. The summed E-state index contributed by atoms with van der Waals surface area (Å²) in [6, 6.07) is 8.05. The molecule has 2 heteroatoms. The molecule has 0 aliphatic heterocycles. The maximum absolute atomic E-state index is 5.86. The largest absolute Gasteiger partial charge is 0.486 e. The Morgan fingerprint density at radius 3 is 2.64 bits per heavy atom. The van der Waals surface area contributed by atoms with Gasteiger partial charge in [-0.3, -0.25) is 0 Å². The summed E-state index contributed by atoms with van der Waals surface area (Å²) < 4.78 is 5.86. The fraction of sp³-hybridized carbons (Fsp3) is 0.500. The first-order valence-electron chi connectivity index (χ1n) is 5.05. The van der Waals surface area contributed by atoms with Crippen molar-refractivity contribution in [2.45, 2.75) is 32.8 Å². The van der Waals surface area contributed by atoms with E-state index in [-0.39, 0.29) is 5.60 Å². The SMILES string of the molecule is CCC(C)(CN)Oc1cccc(C)c1. The van der Waals surface area contributed by atoms with Crippen LogP contribution in [0.15, 0.2) is 24.3 Å². The predicted octanol–water partition coefficient (Wildman–Crippen LogP) is 2.50. The van der Waals surface area contributed by atoms with Gasteiger partial charge in [0.15, 0.2) is 0 Å². The topological polar surface area (TPSA) is 35.2 Å². The zero-order valence-electron chi connectivity index (χ0n) is 9.21. The van der Waals surface area contributed by atoms with E-state index in [1.807, 2.05) is 25.1 Å². The summed E-state index contributed by atoms with van der Waals surface area (Å²) in [7, 11) is 0. The van der Waals surface area contributed by atoms with Gasteiger partial charge in [-0.05, 0) is 38.0 Å². The van der Waals surface area contributed by atoms with E-state index in [4.69, 9.17) is 10.5 Å². The summed E-state index contributed by atoms with van der Waals surface area (Å²) in [5.41, 5.74) is 6.64. The lowest BCUT2D eigenvalue weighted by Crippen LogP contribution is -2.39. The van der Waals surface area contributed by atoms with Crippen molar-refractivity contribution in [1.82, 2.24) is 0 Å². The molecule has 14 heavy (non-hydrogen) atoms. The van der Waals surface area contributed by atoms with Crippen molar-refractivity contribution in [3.8, 4) is 5.75 Å².